The Balaban J connectivity index is 0. The predicted molar refractivity (Wildman–Crippen MR) is 50.3 cm³/mol. The van der Waals surface area contributed by atoms with Gasteiger partial charge in [-0.3, -0.25) is 4.79 Å². The van der Waals surface area contributed by atoms with E-state index in [1.807, 2.05) is 0 Å². The maximum absolute atomic E-state index is 10.5. The van der Waals surface area contributed by atoms with Crippen molar-refractivity contribution in [3.63, 3.8) is 0 Å². The maximum atomic E-state index is 10.5. The van der Waals surface area contributed by atoms with Gasteiger partial charge < -0.3 is 14.9 Å². The van der Waals surface area contributed by atoms with Gasteiger partial charge in [-0.05, 0) is 6.42 Å². The number of esters is 1. The summed E-state index contributed by atoms with van der Waals surface area (Å²) in [7, 11) is 0. The minimum absolute atomic E-state index is 0.0940. The molecule has 0 aromatic rings. The zero-order valence-corrected chi connectivity index (χ0v) is 8.45. The van der Waals surface area contributed by atoms with E-state index in [9.17, 15) is 4.79 Å². The molecule has 0 aliphatic rings. The normalized spacial score (nSPS) is 8.62. The third-order valence-corrected chi connectivity index (χ3v) is 1.15. The second kappa shape index (κ2) is 13.9. The highest BCUT2D eigenvalue weighted by molar-refractivity contribution is 5.68. The Kier molecular flexibility index (Phi) is 16.0. The van der Waals surface area contributed by atoms with Gasteiger partial charge in [0.05, 0.1) is 19.8 Å². The number of aliphatic hydroxyl groups is 2. The van der Waals surface area contributed by atoms with Crippen molar-refractivity contribution in [2.75, 3.05) is 19.8 Å². The van der Waals surface area contributed by atoms with Crippen LogP contribution >= 0.6 is 0 Å². The van der Waals surface area contributed by atoms with Crippen LogP contribution in [-0.4, -0.2) is 36.0 Å². The van der Waals surface area contributed by atoms with E-state index in [0.29, 0.717) is 13.0 Å². The Morgan fingerprint density at radius 2 is 1.77 bits per heavy atom. The predicted octanol–water partition coefficient (Wildman–Crippen LogP) is 0.711. The van der Waals surface area contributed by atoms with Gasteiger partial charge in [0.25, 0.3) is 0 Å². The highest BCUT2D eigenvalue weighted by Gasteiger charge is 1.94. The second-order valence-electron chi connectivity index (χ2n) is 2.37. The first-order chi connectivity index (χ1) is 6.22. The standard InChI is InChI=1S/C7H14O2.C2H6O2/c1-3-5-6-9-7(8)4-2;3-1-2-4/h3-6H2,1-2H3;3-4H,1-2H2. The average Bonchev–Trinajstić information content (AvgIpc) is 2.18. The number of rotatable bonds is 5. The summed E-state index contributed by atoms with van der Waals surface area (Å²) in [6, 6.07) is 0. The Morgan fingerprint density at radius 1 is 1.23 bits per heavy atom. The van der Waals surface area contributed by atoms with Gasteiger partial charge in [-0.1, -0.05) is 20.3 Å². The molecule has 0 bridgehead atoms. The number of ether oxygens (including phenoxy) is 1. The van der Waals surface area contributed by atoms with Crippen LogP contribution < -0.4 is 0 Å². The fourth-order valence-electron chi connectivity index (χ4n) is 0.432. The quantitative estimate of drug-likeness (QED) is 0.497. The molecule has 0 amide bonds. The van der Waals surface area contributed by atoms with Crippen molar-refractivity contribution in [3.05, 3.63) is 0 Å². The van der Waals surface area contributed by atoms with Gasteiger partial charge in [0.15, 0.2) is 0 Å². The molecule has 0 radical (unpaired) electrons. The molecule has 0 spiro atoms. The number of carbonyl (C=O) groups excluding carboxylic acids is 1. The molecule has 0 aromatic heterocycles. The zero-order valence-electron chi connectivity index (χ0n) is 8.45. The summed E-state index contributed by atoms with van der Waals surface area (Å²) in [6.07, 6.45) is 2.55. The van der Waals surface area contributed by atoms with E-state index in [0.717, 1.165) is 12.8 Å². The van der Waals surface area contributed by atoms with Crippen molar-refractivity contribution in [2.45, 2.75) is 33.1 Å². The molecule has 0 unspecified atom stereocenters. The molecule has 4 nitrogen and oxygen atoms in total. The molecule has 2 N–H and O–H groups in total. The van der Waals surface area contributed by atoms with E-state index in [1.54, 1.807) is 6.92 Å². The van der Waals surface area contributed by atoms with Crippen LogP contribution in [0.2, 0.25) is 0 Å². The van der Waals surface area contributed by atoms with E-state index in [4.69, 9.17) is 14.9 Å². The molecule has 0 heterocycles. The van der Waals surface area contributed by atoms with Crippen molar-refractivity contribution >= 4 is 5.97 Å². The van der Waals surface area contributed by atoms with Crippen LogP contribution in [0, 0.1) is 0 Å². The topological polar surface area (TPSA) is 66.8 Å². The molecular formula is C9H20O4. The van der Waals surface area contributed by atoms with Gasteiger partial charge in [-0.25, -0.2) is 0 Å². The van der Waals surface area contributed by atoms with Crippen LogP contribution in [0.1, 0.15) is 33.1 Å². The summed E-state index contributed by atoms with van der Waals surface area (Å²) in [5.41, 5.74) is 0. The number of hydrogen-bond acceptors (Lipinski definition) is 4. The van der Waals surface area contributed by atoms with Crippen molar-refractivity contribution in [3.8, 4) is 0 Å². The molecule has 80 valence electrons. The number of hydrogen-bond donors (Lipinski definition) is 2. The van der Waals surface area contributed by atoms with E-state index in [-0.39, 0.29) is 19.2 Å². The Hall–Kier alpha value is -0.610. The Morgan fingerprint density at radius 3 is 2.08 bits per heavy atom. The summed E-state index contributed by atoms with van der Waals surface area (Å²) < 4.78 is 4.79. The minimum atomic E-state index is -0.125. The van der Waals surface area contributed by atoms with Crippen molar-refractivity contribution < 1.29 is 19.7 Å². The fraction of sp³-hybridized carbons (Fsp3) is 0.889. The van der Waals surface area contributed by atoms with Crippen LogP contribution in [0.3, 0.4) is 0 Å². The first-order valence-corrected chi connectivity index (χ1v) is 4.60. The number of carbonyl (C=O) groups is 1. The zero-order chi connectivity index (χ0) is 10.5. The summed E-state index contributed by atoms with van der Waals surface area (Å²) >= 11 is 0. The van der Waals surface area contributed by atoms with Gasteiger partial charge in [0.1, 0.15) is 0 Å². The van der Waals surface area contributed by atoms with E-state index in [1.165, 1.54) is 0 Å². The Bertz CT molecular complexity index is 102. The lowest BCUT2D eigenvalue weighted by molar-refractivity contribution is -0.143. The van der Waals surface area contributed by atoms with Gasteiger partial charge in [-0.15, -0.1) is 0 Å². The van der Waals surface area contributed by atoms with Crippen LogP contribution in [0.5, 0.6) is 0 Å². The number of aliphatic hydroxyl groups excluding tert-OH is 2. The van der Waals surface area contributed by atoms with Crippen LogP contribution in [-0.2, 0) is 9.53 Å². The van der Waals surface area contributed by atoms with Crippen molar-refractivity contribution in [1.82, 2.24) is 0 Å². The van der Waals surface area contributed by atoms with Crippen molar-refractivity contribution in [1.29, 1.82) is 0 Å². The molecule has 0 atom stereocenters. The lowest BCUT2D eigenvalue weighted by atomic mass is 10.4. The summed E-state index contributed by atoms with van der Waals surface area (Å²) in [5.74, 6) is -0.0940. The molecular weight excluding hydrogens is 172 g/mol. The first kappa shape index (κ1) is 14.9. The highest BCUT2D eigenvalue weighted by Crippen LogP contribution is 1.90. The van der Waals surface area contributed by atoms with Crippen LogP contribution in [0.25, 0.3) is 0 Å². The van der Waals surface area contributed by atoms with Crippen molar-refractivity contribution in [2.24, 2.45) is 0 Å². The highest BCUT2D eigenvalue weighted by atomic mass is 16.5. The van der Waals surface area contributed by atoms with Gasteiger partial charge in [0, 0.05) is 6.42 Å². The minimum Gasteiger partial charge on any atom is -0.466 e. The fourth-order valence-corrected chi connectivity index (χ4v) is 0.432. The summed E-state index contributed by atoms with van der Waals surface area (Å²) in [4.78, 5) is 10.5. The third-order valence-electron chi connectivity index (χ3n) is 1.15. The molecule has 0 saturated heterocycles. The van der Waals surface area contributed by atoms with E-state index < -0.39 is 0 Å². The lowest BCUT2D eigenvalue weighted by Crippen LogP contribution is -2.02. The molecule has 0 rings (SSSR count). The summed E-state index contributed by atoms with van der Waals surface area (Å²) in [5, 5.41) is 15.2. The third kappa shape index (κ3) is 18.4. The second-order valence-corrected chi connectivity index (χ2v) is 2.37. The molecule has 0 aromatic carbocycles. The monoisotopic (exact) mass is 192 g/mol. The lowest BCUT2D eigenvalue weighted by Gasteiger charge is -1.99. The van der Waals surface area contributed by atoms with E-state index in [2.05, 4.69) is 6.92 Å². The largest absolute Gasteiger partial charge is 0.466 e. The maximum Gasteiger partial charge on any atom is 0.305 e. The van der Waals surface area contributed by atoms with Gasteiger partial charge in [-0.2, -0.15) is 0 Å². The molecule has 4 heteroatoms. The number of unbranched alkanes of at least 4 members (excludes halogenated alkanes) is 1. The molecule has 0 aliphatic carbocycles. The summed E-state index contributed by atoms with van der Waals surface area (Å²) in [6.45, 7) is 4.21. The molecule has 13 heavy (non-hydrogen) atoms. The van der Waals surface area contributed by atoms with Crippen LogP contribution in [0.4, 0.5) is 0 Å². The van der Waals surface area contributed by atoms with Crippen LogP contribution in [0.15, 0.2) is 0 Å². The van der Waals surface area contributed by atoms with E-state index >= 15 is 0 Å². The van der Waals surface area contributed by atoms with Gasteiger partial charge in [0.2, 0.25) is 0 Å². The smallest absolute Gasteiger partial charge is 0.305 e. The van der Waals surface area contributed by atoms with Gasteiger partial charge >= 0.3 is 5.97 Å². The molecule has 0 fully saturated rings. The molecule has 0 saturated carbocycles. The first-order valence-electron chi connectivity index (χ1n) is 4.60. The molecule has 0 aliphatic heterocycles. The Labute approximate surface area is 79.5 Å². The SMILES string of the molecule is CCCCOC(=O)CC.OCCO. The average molecular weight is 192 g/mol.